The Labute approximate surface area is 340 Å². The molecule has 2 amide bonds. The first kappa shape index (κ1) is 43.6. The van der Waals surface area contributed by atoms with E-state index >= 15 is 0 Å². The van der Waals surface area contributed by atoms with Crippen molar-refractivity contribution in [3.63, 3.8) is 0 Å². The third kappa shape index (κ3) is 10.8. The lowest BCUT2D eigenvalue weighted by Gasteiger charge is -2.39. The highest BCUT2D eigenvalue weighted by atomic mass is 16.7. The maximum absolute atomic E-state index is 12.9. The molecule has 1 saturated heterocycles. The summed E-state index contributed by atoms with van der Waals surface area (Å²) < 4.78 is 22.5. The molecule has 0 radical (unpaired) electrons. The molecule has 1 aliphatic heterocycles. The summed E-state index contributed by atoms with van der Waals surface area (Å²) in [6.45, 7) is 0.00876. The summed E-state index contributed by atoms with van der Waals surface area (Å²) in [4.78, 5) is 25.8. The minimum absolute atomic E-state index is 0.173. The molecule has 6 rings (SSSR count). The smallest absolute Gasteiger partial charge is 0.251 e. The Morgan fingerprint density at radius 1 is 0.576 bits per heavy atom. The SMILES string of the molecule is O=C(NCCOCCNC(=O)c1cccc(-c2ccc(O[C@H]3C[C@H](CO)[C@@H](O)[C@H](O)[C@@H]3O)cc2)c1)c1cccc(-c2ccc(O[C@H]3O[C@H](CO)[C@@H](O)[C@H](O)[C@@H]3O)cc2)c1. The van der Waals surface area contributed by atoms with E-state index < -0.39 is 67.6 Å². The monoisotopic (exact) mass is 818 g/mol. The van der Waals surface area contributed by atoms with Crippen LogP contribution in [0.25, 0.3) is 22.3 Å². The van der Waals surface area contributed by atoms with Crippen molar-refractivity contribution in [3.05, 3.63) is 108 Å². The zero-order chi connectivity index (χ0) is 42.1. The molecule has 0 spiro atoms. The topological polar surface area (TPSA) is 257 Å². The van der Waals surface area contributed by atoms with Gasteiger partial charge in [0.15, 0.2) is 0 Å². The van der Waals surface area contributed by atoms with Crippen LogP contribution < -0.4 is 20.1 Å². The fraction of sp³-hybridized carbons (Fsp3) is 0.395. The lowest BCUT2D eigenvalue weighted by atomic mass is 9.81. The summed E-state index contributed by atoms with van der Waals surface area (Å²) in [7, 11) is 0. The summed E-state index contributed by atoms with van der Waals surface area (Å²) in [6, 6.07) is 27.8. The molecule has 0 bridgehead atoms. The van der Waals surface area contributed by atoms with Gasteiger partial charge in [0.25, 0.3) is 11.8 Å². The van der Waals surface area contributed by atoms with Crippen molar-refractivity contribution in [1.82, 2.24) is 10.6 Å². The quantitative estimate of drug-likeness (QED) is 0.0680. The van der Waals surface area contributed by atoms with Crippen molar-refractivity contribution < 1.29 is 69.4 Å². The molecule has 16 nitrogen and oxygen atoms in total. The van der Waals surface area contributed by atoms with Crippen LogP contribution in [0.4, 0.5) is 0 Å². The predicted octanol–water partition coefficient (Wildman–Crippen LogP) is 0.218. The number of hydrogen-bond acceptors (Lipinski definition) is 14. The number of hydrogen-bond donors (Lipinski definition) is 10. The van der Waals surface area contributed by atoms with Crippen LogP contribution in [0, 0.1) is 5.92 Å². The molecule has 4 aromatic rings. The molecule has 1 aliphatic carbocycles. The summed E-state index contributed by atoms with van der Waals surface area (Å²) in [5.74, 6) is -0.452. The Balaban J connectivity index is 0.903. The molecule has 2 fully saturated rings. The number of carbonyl (C=O) groups is 2. The number of aliphatic hydroxyl groups excluding tert-OH is 8. The summed E-state index contributed by atoms with van der Waals surface area (Å²) in [5.41, 5.74) is 4.02. The van der Waals surface area contributed by atoms with Crippen LogP contribution in [-0.2, 0) is 9.47 Å². The molecule has 59 heavy (non-hydrogen) atoms. The number of carbonyl (C=O) groups excluding carboxylic acids is 2. The van der Waals surface area contributed by atoms with Gasteiger partial charge < -0.3 is 70.4 Å². The number of nitrogens with one attached hydrogen (secondary N) is 2. The van der Waals surface area contributed by atoms with E-state index in [9.17, 15) is 50.4 Å². The van der Waals surface area contributed by atoms with Crippen LogP contribution in [0.2, 0.25) is 0 Å². The van der Waals surface area contributed by atoms with Crippen molar-refractivity contribution >= 4 is 11.8 Å². The van der Waals surface area contributed by atoms with Crippen LogP contribution in [0.3, 0.4) is 0 Å². The number of amides is 2. The molecule has 4 aromatic carbocycles. The van der Waals surface area contributed by atoms with Gasteiger partial charge in [-0.25, -0.2) is 0 Å². The van der Waals surface area contributed by atoms with E-state index in [0.717, 1.165) is 22.3 Å². The molecule has 0 aromatic heterocycles. The molecule has 316 valence electrons. The summed E-state index contributed by atoms with van der Waals surface area (Å²) >= 11 is 0. The van der Waals surface area contributed by atoms with Gasteiger partial charge in [0.2, 0.25) is 6.29 Å². The molecule has 1 heterocycles. The number of ether oxygens (including phenoxy) is 4. The van der Waals surface area contributed by atoms with Crippen LogP contribution in [-0.4, -0.2) is 147 Å². The van der Waals surface area contributed by atoms with Gasteiger partial charge in [0.05, 0.1) is 25.9 Å². The van der Waals surface area contributed by atoms with Crippen molar-refractivity contribution in [2.45, 2.75) is 61.5 Å². The zero-order valence-corrected chi connectivity index (χ0v) is 32.0. The first-order valence-corrected chi connectivity index (χ1v) is 19.3. The lowest BCUT2D eigenvalue weighted by molar-refractivity contribution is -0.277. The van der Waals surface area contributed by atoms with E-state index in [2.05, 4.69) is 10.6 Å². The Hall–Kier alpha value is -4.98. The molecule has 10 atom stereocenters. The number of aliphatic hydroxyl groups is 8. The highest BCUT2D eigenvalue weighted by Gasteiger charge is 2.45. The van der Waals surface area contributed by atoms with Crippen molar-refractivity contribution in [2.24, 2.45) is 5.92 Å². The molecule has 2 aliphatic rings. The Kier molecular flexibility index (Phi) is 15.0. The fourth-order valence-electron chi connectivity index (χ4n) is 6.96. The average Bonchev–Trinajstić information content (AvgIpc) is 3.26. The number of rotatable bonds is 16. The van der Waals surface area contributed by atoms with E-state index in [-0.39, 0.29) is 51.1 Å². The van der Waals surface area contributed by atoms with Gasteiger partial charge in [-0.05, 0) is 77.2 Å². The van der Waals surface area contributed by atoms with Crippen LogP contribution in [0.1, 0.15) is 27.1 Å². The number of benzene rings is 4. The maximum Gasteiger partial charge on any atom is 0.251 e. The molecular weight excluding hydrogens is 768 g/mol. The van der Waals surface area contributed by atoms with Gasteiger partial charge in [0, 0.05) is 36.7 Å². The van der Waals surface area contributed by atoms with Gasteiger partial charge in [-0.15, -0.1) is 0 Å². The van der Waals surface area contributed by atoms with Gasteiger partial charge in [0.1, 0.15) is 54.2 Å². The highest BCUT2D eigenvalue weighted by molar-refractivity contribution is 5.96. The summed E-state index contributed by atoms with van der Waals surface area (Å²) in [6.07, 6.45) is -11.6. The first-order valence-electron chi connectivity index (χ1n) is 19.3. The highest BCUT2D eigenvalue weighted by Crippen LogP contribution is 2.31. The van der Waals surface area contributed by atoms with Crippen LogP contribution in [0.15, 0.2) is 97.1 Å². The predicted molar refractivity (Wildman–Crippen MR) is 211 cm³/mol. The Morgan fingerprint density at radius 2 is 1.08 bits per heavy atom. The lowest BCUT2D eigenvalue weighted by Crippen LogP contribution is -2.60. The van der Waals surface area contributed by atoms with E-state index in [1.165, 1.54) is 0 Å². The molecule has 1 saturated carbocycles. The van der Waals surface area contributed by atoms with E-state index in [4.69, 9.17) is 18.9 Å². The van der Waals surface area contributed by atoms with Gasteiger partial charge in [-0.2, -0.15) is 0 Å². The van der Waals surface area contributed by atoms with E-state index in [1.54, 1.807) is 84.9 Å². The molecule has 16 heteroatoms. The second-order valence-electron chi connectivity index (χ2n) is 14.5. The standard InChI is InChI=1S/C43H50N2O14/c46-22-30-21-33(36(49)38(51)35(30)48)57-31-11-7-24(8-12-31)26-3-1-5-28(19-26)41(54)44-15-17-56-18-16-45-42(55)29-6-2-4-27(20-29)25-9-13-32(14-10-25)58-43-40(53)39(52)37(50)34(23-47)59-43/h1-14,19-20,30,33-40,43,46-53H,15-18,21-23H2,(H,44,54)(H,45,55)/t30-,33+,34-,35-,36-,37-,38+,39+,40+,43+/m1/s1. The third-order valence-electron chi connectivity index (χ3n) is 10.4. The van der Waals surface area contributed by atoms with Gasteiger partial charge in [-0.1, -0.05) is 48.5 Å². The average molecular weight is 819 g/mol. The minimum Gasteiger partial charge on any atom is -0.488 e. The molecular formula is C43H50N2O14. The molecule has 0 unspecified atom stereocenters. The third-order valence-corrected chi connectivity index (χ3v) is 10.4. The van der Waals surface area contributed by atoms with Crippen molar-refractivity contribution in [3.8, 4) is 33.8 Å². The summed E-state index contributed by atoms with van der Waals surface area (Å²) in [5, 5.41) is 85.4. The minimum atomic E-state index is -1.56. The largest absolute Gasteiger partial charge is 0.488 e. The van der Waals surface area contributed by atoms with E-state index in [0.29, 0.717) is 22.6 Å². The van der Waals surface area contributed by atoms with Crippen molar-refractivity contribution in [1.29, 1.82) is 0 Å². The normalized spacial score (nSPS) is 26.8. The zero-order valence-electron chi connectivity index (χ0n) is 32.0. The second-order valence-corrected chi connectivity index (χ2v) is 14.5. The Bertz CT molecular complexity index is 1840. The van der Waals surface area contributed by atoms with Gasteiger partial charge in [-0.3, -0.25) is 9.59 Å². The van der Waals surface area contributed by atoms with Crippen molar-refractivity contribution in [2.75, 3.05) is 39.5 Å². The maximum atomic E-state index is 12.9. The fourth-order valence-corrected chi connectivity index (χ4v) is 6.96. The Morgan fingerprint density at radius 3 is 1.59 bits per heavy atom. The van der Waals surface area contributed by atoms with Crippen LogP contribution in [0.5, 0.6) is 11.5 Å². The molecule has 10 N–H and O–H groups in total. The van der Waals surface area contributed by atoms with Gasteiger partial charge >= 0.3 is 0 Å². The first-order chi connectivity index (χ1) is 28.5. The second kappa shape index (κ2) is 20.3. The van der Waals surface area contributed by atoms with E-state index in [1.807, 2.05) is 12.1 Å². The van der Waals surface area contributed by atoms with Crippen LogP contribution >= 0.6 is 0 Å².